The second kappa shape index (κ2) is 10.0. The lowest BCUT2D eigenvalue weighted by molar-refractivity contribution is -0.124. The molecule has 0 bridgehead atoms. The number of carbonyl (C=O) groups is 2. The molecule has 30 heavy (non-hydrogen) atoms. The van der Waals surface area contributed by atoms with E-state index >= 15 is 0 Å². The van der Waals surface area contributed by atoms with Gasteiger partial charge < -0.3 is 25.2 Å². The number of anilines is 1. The Labute approximate surface area is 177 Å². The number of benzene rings is 2. The van der Waals surface area contributed by atoms with Gasteiger partial charge in [-0.1, -0.05) is 6.07 Å². The normalized spacial score (nSPS) is 11.0. The van der Waals surface area contributed by atoms with E-state index in [0.29, 0.717) is 24.7 Å². The van der Waals surface area contributed by atoms with E-state index in [1.165, 1.54) is 0 Å². The summed E-state index contributed by atoms with van der Waals surface area (Å²) in [6.45, 7) is 10.4. The molecule has 2 aromatic carbocycles. The van der Waals surface area contributed by atoms with Crippen molar-refractivity contribution < 1.29 is 24.2 Å². The summed E-state index contributed by atoms with van der Waals surface area (Å²) in [6.07, 6.45) is 0. The topological polar surface area (TPSA) is 96.9 Å². The van der Waals surface area contributed by atoms with Gasteiger partial charge in [0.15, 0.2) is 18.1 Å². The molecule has 1 amide bonds. The van der Waals surface area contributed by atoms with Gasteiger partial charge in [-0.15, -0.1) is 0 Å². The van der Waals surface area contributed by atoms with Gasteiger partial charge in [0, 0.05) is 17.8 Å². The third kappa shape index (κ3) is 6.99. The van der Waals surface area contributed by atoms with Crippen LogP contribution >= 0.6 is 0 Å². The summed E-state index contributed by atoms with van der Waals surface area (Å²) < 4.78 is 11.3. The Morgan fingerprint density at radius 2 is 1.77 bits per heavy atom. The highest BCUT2D eigenvalue weighted by atomic mass is 16.5. The molecule has 7 nitrogen and oxygen atoms in total. The van der Waals surface area contributed by atoms with Crippen LogP contribution < -0.4 is 20.1 Å². The first-order valence-electron chi connectivity index (χ1n) is 9.86. The molecule has 3 N–H and O–H groups in total. The van der Waals surface area contributed by atoms with Crippen molar-refractivity contribution in [2.45, 2.75) is 46.7 Å². The first-order chi connectivity index (χ1) is 14.1. The van der Waals surface area contributed by atoms with E-state index in [-0.39, 0.29) is 23.6 Å². The highest BCUT2D eigenvalue weighted by molar-refractivity contribution is 5.88. The van der Waals surface area contributed by atoms with Gasteiger partial charge in [-0.3, -0.25) is 4.79 Å². The van der Waals surface area contributed by atoms with Crippen LogP contribution in [0.2, 0.25) is 0 Å². The largest absolute Gasteiger partial charge is 0.490 e. The number of carbonyl (C=O) groups excluding carboxylic acids is 1. The van der Waals surface area contributed by atoms with Crippen molar-refractivity contribution in [2.24, 2.45) is 0 Å². The molecule has 0 heterocycles. The minimum absolute atomic E-state index is 0.0932. The van der Waals surface area contributed by atoms with Crippen molar-refractivity contribution in [2.75, 3.05) is 18.5 Å². The minimum atomic E-state index is -0.947. The fourth-order valence-electron chi connectivity index (χ4n) is 2.84. The molecular weight excluding hydrogens is 384 g/mol. The quantitative estimate of drug-likeness (QED) is 0.574. The maximum atomic E-state index is 12.0. The van der Waals surface area contributed by atoms with Crippen LogP contribution in [0.4, 0.5) is 5.69 Å². The van der Waals surface area contributed by atoms with Crippen molar-refractivity contribution >= 4 is 17.6 Å². The van der Waals surface area contributed by atoms with Crippen LogP contribution in [0.5, 0.6) is 11.5 Å². The van der Waals surface area contributed by atoms with Crippen LogP contribution in [-0.4, -0.2) is 35.7 Å². The molecule has 0 atom stereocenters. The molecule has 162 valence electrons. The van der Waals surface area contributed by atoms with Crippen molar-refractivity contribution in [3.63, 3.8) is 0 Å². The number of carboxylic acid groups (broad SMARTS) is 1. The lowest BCUT2D eigenvalue weighted by Gasteiger charge is -2.21. The molecule has 2 rings (SSSR count). The second-order valence-corrected chi connectivity index (χ2v) is 7.99. The summed E-state index contributed by atoms with van der Waals surface area (Å²) in [5.74, 6) is -0.0706. The predicted octanol–water partition coefficient (Wildman–Crippen LogP) is 4.00. The first kappa shape index (κ1) is 23.1. The van der Waals surface area contributed by atoms with Gasteiger partial charge in [-0.25, -0.2) is 4.79 Å². The number of nitrogens with one attached hydrogen (secondary N) is 2. The van der Waals surface area contributed by atoms with Gasteiger partial charge >= 0.3 is 5.97 Å². The van der Waals surface area contributed by atoms with Gasteiger partial charge in [0.1, 0.15) is 0 Å². The Morgan fingerprint density at radius 1 is 1.03 bits per heavy atom. The third-order valence-electron chi connectivity index (χ3n) is 4.14. The number of aromatic carboxylic acids is 1. The number of carboxylic acids is 1. The van der Waals surface area contributed by atoms with Crippen molar-refractivity contribution in [1.29, 1.82) is 0 Å². The van der Waals surface area contributed by atoms with Crippen LogP contribution in [0.15, 0.2) is 36.4 Å². The lowest BCUT2D eigenvalue weighted by Crippen LogP contribution is -2.43. The highest BCUT2D eigenvalue weighted by Crippen LogP contribution is 2.29. The van der Waals surface area contributed by atoms with Crippen molar-refractivity contribution in [3.8, 4) is 11.5 Å². The van der Waals surface area contributed by atoms with Crippen LogP contribution in [0.25, 0.3) is 0 Å². The van der Waals surface area contributed by atoms with Gasteiger partial charge in [-0.05, 0) is 76.1 Å². The summed E-state index contributed by atoms with van der Waals surface area (Å²) in [7, 11) is 0. The van der Waals surface area contributed by atoms with E-state index in [1.807, 2.05) is 46.8 Å². The maximum absolute atomic E-state index is 12.0. The Morgan fingerprint density at radius 3 is 2.37 bits per heavy atom. The molecule has 0 saturated carbocycles. The molecule has 0 aromatic heterocycles. The Hall–Kier alpha value is -3.22. The fraction of sp³-hybridized carbons (Fsp3) is 0.391. The van der Waals surface area contributed by atoms with E-state index in [1.54, 1.807) is 24.3 Å². The number of rotatable bonds is 9. The molecule has 2 aromatic rings. The molecule has 0 radical (unpaired) electrons. The predicted molar refractivity (Wildman–Crippen MR) is 116 cm³/mol. The van der Waals surface area contributed by atoms with Crippen LogP contribution in [0.1, 0.15) is 49.2 Å². The summed E-state index contributed by atoms with van der Waals surface area (Å²) in [4.78, 5) is 23.1. The van der Waals surface area contributed by atoms with Gasteiger partial charge in [0.2, 0.25) is 0 Å². The number of aryl methyl sites for hydroxylation is 1. The summed E-state index contributed by atoms with van der Waals surface area (Å²) in [6, 6.07) is 10.5. The number of ether oxygens (including phenoxy) is 2. The second-order valence-electron chi connectivity index (χ2n) is 7.99. The van der Waals surface area contributed by atoms with Crippen LogP contribution in [-0.2, 0) is 11.3 Å². The zero-order valence-electron chi connectivity index (χ0n) is 18.2. The average Bonchev–Trinajstić information content (AvgIpc) is 2.65. The maximum Gasteiger partial charge on any atom is 0.335 e. The molecule has 0 spiro atoms. The molecular formula is C23H30N2O5. The summed E-state index contributed by atoms with van der Waals surface area (Å²) in [5.41, 5.74) is 2.61. The highest BCUT2D eigenvalue weighted by Gasteiger charge is 2.15. The molecule has 0 aliphatic rings. The Kier molecular flexibility index (Phi) is 7.69. The fourth-order valence-corrected chi connectivity index (χ4v) is 2.84. The smallest absolute Gasteiger partial charge is 0.335 e. The molecule has 0 aliphatic heterocycles. The van der Waals surface area contributed by atoms with E-state index in [2.05, 4.69) is 10.6 Å². The zero-order valence-corrected chi connectivity index (χ0v) is 18.2. The number of amides is 1. The summed E-state index contributed by atoms with van der Waals surface area (Å²) in [5, 5.41) is 15.2. The monoisotopic (exact) mass is 414 g/mol. The summed E-state index contributed by atoms with van der Waals surface area (Å²) >= 11 is 0. The van der Waals surface area contributed by atoms with E-state index in [9.17, 15) is 9.59 Å². The zero-order chi connectivity index (χ0) is 22.3. The standard InChI is InChI=1S/C23H30N2O5/c1-6-29-20-12-16(7-10-19(20)30-14-21(26)25-23(3,4)5)13-24-18-9-8-17(22(27)28)11-15(18)2/h7-12,24H,6,13-14H2,1-5H3,(H,25,26)(H,27,28). The molecule has 0 fully saturated rings. The first-order valence-corrected chi connectivity index (χ1v) is 9.86. The lowest BCUT2D eigenvalue weighted by atomic mass is 10.1. The van der Waals surface area contributed by atoms with Gasteiger partial charge in [0.05, 0.1) is 12.2 Å². The third-order valence-corrected chi connectivity index (χ3v) is 4.14. The molecule has 0 aliphatic carbocycles. The number of hydrogen-bond donors (Lipinski definition) is 3. The average molecular weight is 415 g/mol. The van der Waals surface area contributed by atoms with Crippen molar-refractivity contribution in [3.05, 3.63) is 53.1 Å². The van der Waals surface area contributed by atoms with E-state index < -0.39 is 5.97 Å². The van der Waals surface area contributed by atoms with Crippen LogP contribution in [0.3, 0.4) is 0 Å². The number of hydrogen-bond acceptors (Lipinski definition) is 5. The SMILES string of the molecule is CCOc1cc(CNc2ccc(C(=O)O)cc2C)ccc1OCC(=O)NC(C)(C)C. The Bertz CT molecular complexity index is 903. The van der Waals surface area contributed by atoms with Crippen LogP contribution in [0, 0.1) is 6.92 Å². The van der Waals surface area contributed by atoms with Gasteiger partial charge in [0.25, 0.3) is 5.91 Å². The van der Waals surface area contributed by atoms with Gasteiger partial charge in [-0.2, -0.15) is 0 Å². The van der Waals surface area contributed by atoms with E-state index in [4.69, 9.17) is 14.6 Å². The Balaban J connectivity index is 2.05. The minimum Gasteiger partial charge on any atom is -0.490 e. The van der Waals surface area contributed by atoms with Crippen molar-refractivity contribution in [1.82, 2.24) is 5.32 Å². The van der Waals surface area contributed by atoms with E-state index in [0.717, 1.165) is 16.8 Å². The molecule has 0 unspecified atom stereocenters. The molecule has 0 saturated heterocycles. The molecule has 7 heteroatoms.